The Morgan fingerprint density at radius 1 is 0.681 bits per heavy atom. The van der Waals surface area contributed by atoms with Gasteiger partial charge in [-0.1, -0.05) is 30.3 Å². The van der Waals surface area contributed by atoms with E-state index in [1.807, 2.05) is 0 Å². The Kier molecular flexibility index (Phi) is 8.49. The topological polar surface area (TPSA) is 190 Å². The minimum absolute atomic E-state index is 0.0330. The summed E-state index contributed by atoms with van der Waals surface area (Å²) < 4.78 is 16.4. The molecule has 1 aromatic heterocycles. The molecule has 0 saturated heterocycles. The first kappa shape index (κ1) is 31.1. The molecule has 0 amide bonds. The molecular formula is C35H29NO11. The maximum Gasteiger partial charge on any atom is 0.204 e. The Labute approximate surface area is 267 Å². The van der Waals surface area contributed by atoms with Crippen LogP contribution in [0.4, 0.5) is 0 Å². The molecular weight excluding hydrogens is 610 g/mol. The highest BCUT2D eigenvalue weighted by molar-refractivity contribution is 6.06. The van der Waals surface area contributed by atoms with E-state index >= 15 is 0 Å². The third-order valence-corrected chi connectivity index (χ3v) is 8.12. The highest BCUT2D eigenvalue weighted by Crippen LogP contribution is 2.49. The summed E-state index contributed by atoms with van der Waals surface area (Å²) in [5.41, 5.74) is 1.03. The van der Waals surface area contributed by atoms with Crippen LogP contribution in [-0.4, -0.2) is 68.4 Å². The normalized spacial score (nSPS) is 14.6. The number of rotatable bonds is 11. The van der Waals surface area contributed by atoms with E-state index in [1.54, 1.807) is 36.4 Å². The molecule has 240 valence electrons. The van der Waals surface area contributed by atoms with E-state index in [0.29, 0.717) is 16.7 Å². The minimum atomic E-state index is -0.640. The lowest BCUT2D eigenvalue weighted by Gasteiger charge is -2.21. The second-order valence-corrected chi connectivity index (χ2v) is 11.1. The number of nitrogens with zero attached hydrogens (tertiary/aromatic N) is 1. The van der Waals surface area contributed by atoms with Gasteiger partial charge < -0.3 is 34.6 Å². The van der Waals surface area contributed by atoms with Gasteiger partial charge >= 0.3 is 0 Å². The van der Waals surface area contributed by atoms with Gasteiger partial charge in [0.1, 0.15) is 41.5 Å². The fourth-order valence-corrected chi connectivity index (χ4v) is 5.71. The number of aromatic hydroxyl groups is 4. The zero-order chi connectivity index (χ0) is 33.2. The van der Waals surface area contributed by atoms with Crippen LogP contribution in [0.2, 0.25) is 0 Å². The van der Waals surface area contributed by atoms with Gasteiger partial charge in [-0.25, -0.2) is 0 Å². The number of pyridine rings is 1. The number of ether oxygens (including phenoxy) is 3. The Morgan fingerprint density at radius 2 is 1.30 bits per heavy atom. The summed E-state index contributed by atoms with van der Waals surface area (Å²) in [7, 11) is 0. The van der Waals surface area contributed by atoms with Crippen molar-refractivity contribution in [1.29, 1.82) is 0 Å². The van der Waals surface area contributed by atoms with Crippen LogP contribution in [0.15, 0.2) is 60.8 Å². The van der Waals surface area contributed by atoms with E-state index in [0.717, 1.165) is 0 Å². The van der Waals surface area contributed by atoms with Gasteiger partial charge in [0.05, 0.1) is 6.61 Å². The molecule has 12 heteroatoms. The lowest BCUT2D eigenvalue weighted by molar-refractivity contribution is 0.0911. The van der Waals surface area contributed by atoms with Crippen LogP contribution in [-0.2, 0) is 0 Å². The molecule has 1 unspecified atom stereocenters. The quantitative estimate of drug-likeness (QED) is 0.163. The van der Waals surface area contributed by atoms with Gasteiger partial charge in [-0.15, -0.1) is 0 Å². The Balaban J connectivity index is 1.11. The maximum atomic E-state index is 12.9. The monoisotopic (exact) mass is 639 g/mol. The zero-order valence-corrected chi connectivity index (χ0v) is 24.9. The van der Waals surface area contributed by atoms with Gasteiger partial charge in [0, 0.05) is 55.0 Å². The molecule has 1 atom stereocenters. The highest BCUT2D eigenvalue weighted by Gasteiger charge is 2.33. The summed E-state index contributed by atoms with van der Waals surface area (Å²) in [6.07, 6.45) is 0.603. The fourth-order valence-electron chi connectivity index (χ4n) is 5.71. The molecule has 0 fully saturated rings. The van der Waals surface area contributed by atoms with Gasteiger partial charge in [0.25, 0.3) is 0 Å². The standard InChI is InChI=1S/C35H29NO11/c37-23(8-10-25(39)31-28(42)16-29-35(33(31)44)46-14-13-45-29)19-6-4-18(5-7-19)21-17-47-34-20(21)15-27(41)30(32(34)43)26(40)11-9-24(38)22-3-1-2-12-36-22/h1-7,12,15-16,21,41-44H,8-11,13-14,17H2. The number of phenolic OH excluding ortho intramolecular Hbond substituents is 4. The summed E-state index contributed by atoms with van der Waals surface area (Å²) in [6.45, 7) is 0.506. The van der Waals surface area contributed by atoms with Crippen LogP contribution < -0.4 is 14.2 Å². The minimum Gasteiger partial charge on any atom is -0.507 e. The van der Waals surface area contributed by atoms with Gasteiger partial charge in [0.2, 0.25) is 5.75 Å². The largest absolute Gasteiger partial charge is 0.507 e. The molecule has 4 aromatic rings. The molecule has 6 rings (SSSR count). The van der Waals surface area contributed by atoms with Crippen molar-refractivity contribution in [2.75, 3.05) is 19.8 Å². The van der Waals surface area contributed by atoms with Gasteiger partial charge in [-0.2, -0.15) is 0 Å². The fraction of sp³-hybridized carbons (Fsp3) is 0.229. The average molecular weight is 640 g/mol. The average Bonchev–Trinajstić information content (AvgIpc) is 3.50. The van der Waals surface area contributed by atoms with Gasteiger partial charge in [0.15, 0.2) is 46.1 Å². The predicted octanol–water partition coefficient (Wildman–Crippen LogP) is 4.89. The number of carbonyl (C=O) groups is 4. The summed E-state index contributed by atoms with van der Waals surface area (Å²) >= 11 is 0. The number of ketones is 4. The first-order valence-corrected chi connectivity index (χ1v) is 14.8. The molecule has 2 aliphatic rings. The van der Waals surface area contributed by atoms with Crippen molar-refractivity contribution in [1.82, 2.24) is 4.98 Å². The van der Waals surface area contributed by atoms with Crippen molar-refractivity contribution in [3.05, 3.63) is 94.3 Å². The molecule has 0 bridgehead atoms. The number of hydrogen-bond donors (Lipinski definition) is 4. The Morgan fingerprint density at radius 3 is 1.98 bits per heavy atom. The van der Waals surface area contributed by atoms with Gasteiger partial charge in [-0.05, 0) is 23.8 Å². The molecule has 3 heterocycles. The van der Waals surface area contributed by atoms with Crippen LogP contribution in [0.3, 0.4) is 0 Å². The summed E-state index contributed by atoms with van der Waals surface area (Å²) in [6, 6.07) is 13.9. The number of aromatic nitrogens is 1. The van der Waals surface area contributed by atoms with Crippen LogP contribution in [0.25, 0.3) is 0 Å². The molecule has 0 spiro atoms. The van der Waals surface area contributed by atoms with Gasteiger partial charge in [-0.3, -0.25) is 24.2 Å². The number of hydrogen-bond acceptors (Lipinski definition) is 12. The number of phenols is 4. The maximum absolute atomic E-state index is 12.9. The number of fused-ring (bicyclic) bond motifs is 2. The third kappa shape index (κ3) is 6.05. The van der Waals surface area contributed by atoms with E-state index in [2.05, 4.69) is 4.98 Å². The second-order valence-electron chi connectivity index (χ2n) is 11.1. The molecule has 0 aliphatic carbocycles. The Bertz CT molecular complexity index is 1900. The van der Waals surface area contributed by atoms with E-state index in [-0.39, 0.29) is 91.1 Å². The molecule has 2 aliphatic heterocycles. The van der Waals surface area contributed by atoms with E-state index in [4.69, 9.17) is 14.2 Å². The van der Waals surface area contributed by atoms with Crippen LogP contribution in [0, 0.1) is 0 Å². The SMILES string of the molecule is O=C(CCC(=O)c1c(O)cc2c(c1O)OCCO2)c1ccc(C2COc3c2cc(O)c(C(=O)CCC(=O)c2ccccn2)c3O)cc1. The molecule has 12 nitrogen and oxygen atoms in total. The summed E-state index contributed by atoms with van der Waals surface area (Å²) in [4.78, 5) is 55.0. The lowest BCUT2D eigenvalue weighted by atomic mass is 9.89. The predicted molar refractivity (Wildman–Crippen MR) is 164 cm³/mol. The second kappa shape index (κ2) is 12.8. The van der Waals surface area contributed by atoms with Crippen LogP contribution in [0.1, 0.15) is 84.3 Å². The number of Topliss-reactive ketones (excluding diaryl/α,β-unsaturated/α-hetero) is 4. The van der Waals surface area contributed by atoms with Crippen molar-refractivity contribution >= 4 is 23.1 Å². The van der Waals surface area contributed by atoms with Crippen molar-refractivity contribution in [3.63, 3.8) is 0 Å². The smallest absolute Gasteiger partial charge is 0.204 e. The van der Waals surface area contributed by atoms with Crippen molar-refractivity contribution < 1.29 is 53.8 Å². The summed E-state index contributed by atoms with van der Waals surface area (Å²) in [5, 5.41) is 42.4. The van der Waals surface area contributed by atoms with Crippen LogP contribution in [0.5, 0.6) is 40.2 Å². The van der Waals surface area contributed by atoms with Crippen molar-refractivity contribution in [3.8, 4) is 40.2 Å². The highest BCUT2D eigenvalue weighted by atomic mass is 16.6. The van der Waals surface area contributed by atoms with E-state index in [9.17, 15) is 39.6 Å². The first-order valence-electron chi connectivity index (χ1n) is 14.8. The molecule has 47 heavy (non-hydrogen) atoms. The van der Waals surface area contributed by atoms with Crippen molar-refractivity contribution in [2.24, 2.45) is 0 Å². The molecule has 0 saturated carbocycles. The molecule has 4 N–H and O–H groups in total. The van der Waals surface area contributed by atoms with Crippen LogP contribution >= 0.6 is 0 Å². The summed E-state index contributed by atoms with van der Waals surface area (Å²) in [5.74, 6) is -4.20. The number of benzene rings is 3. The first-order chi connectivity index (χ1) is 22.6. The van der Waals surface area contributed by atoms with E-state index < -0.39 is 40.5 Å². The van der Waals surface area contributed by atoms with E-state index in [1.165, 1.54) is 24.4 Å². The zero-order valence-electron chi connectivity index (χ0n) is 24.9. The molecule has 0 radical (unpaired) electrons. The molecule has 3 aromatic carbocycles. The lowest BCUT2D eigenvalue weighted by Crippen LogP contribution is -2.16. The third-order valence-electron chi connectivity index (χ3n) is 8.12. The Hall–Kier alpha value is -5.91. The number of carbonyl (C=O) groups excluding carboxylic acids is 4. The van der Waals surface area contributed by atoms with Crippen molar-refractivity contribution in [2.45, 2.75) is 31.6 Å².